The maximum absolute atomic E-state index is 13.7. The topological polar surface area (TPSA) is 241 Å². The van der Waals surface area contributed by atoms with Crippen molar-refractivity contribution in [1.82, 2.24) is 0 Å². The second-order valence-electron chi connectivity index (χ2n) is 33.9. The molecular weight excluding hydrogens is 2200 g/mol. The zero-order valence-corrected chi connectivity index (χ0v) is 91.1. The summed E-state index contributed by atoms with van der Waals surface area (Å²) in [7, 11) is -2.80. The molecule has 764 valence electrons. The number of benzene rings is 10. The Morgan fingerprint density at radius 1 is 0.420 bits per heavy atom. The van der Waals surface area contributed by atoms with E-state index in [4.69, 9.17) is 206 Å². The third-order valence-corrected chi connectivity index (χ3v) is 30.0. The van der Waals surface area contributed by atoms with Gasteiger partial charge < -0.3 is 44.1 Å². The first kappa shape index (κ1) is 119. The number of phenols is 1. The number of carbonyl (C=O) groups is 7. The van der Waals surface area contributed by atoms with Gasteiger partial charge in [-0.2, -0.15) is 21.6 Å². The van der Waals surface area contributed by atoms with Crippen LogP contribution < -0.4 is 39.0 Å². The van der Waals surface area contributed by atoms with Crippen molar-refractivity contribution >= 4 is 262 Å². The maximum Gasteiger partial charge on any atom is 0.534 e. The van der Waals surface area contributed by atoms with E-state index in [9.17, 15) is 55.2 Å². The summed E-state index contributed by atoms with van der Waals surface area (Å²) in [5, 5.41) is 15.5. The summed E-state index contributed by atoms with van der Waals surface area (Å²) in [6, 6.07) is 44.9. The number of fused-ring (bicyclic) bond motifs is 2. The van der Waals surface area contributed by atoms with Crippen LogP contribution in [-0.2, 0) is 51.8 Å². The number of amides is 2. The molecule has 18 nitrogen and oxygen atoms in total. The molecule has 0 atom stereocenters. The van der Waals surface area contributed by atoms with E-state index in [-0.39, 0.29) is 48.7 Å². The zero-order valence-electron chi connectivity index (χ0n) is 78.2. The van der Waals surface area contributed by atoms with E-state index in [1.165, 1.54) is 74.5 Å². The number of aromatic hydroxyl groups is 1. The normalized spacial score (nSPS) is 14.2. The van der Waals surface area contributed by atoms with E-state index in [2.05, 4.69) is 87.0 Å². The third-order valence-electron chi connectivity index (χ3n) is 23.9. The van der Waals surface area contributed by atoms with Crippen molar-refractivity contribution in [1.29, 1.82) is 0 Å². The Morgan fingerprint density at radius 2 is 0.762 bits per heavy atom. The van der Waals surface area contributed by atoms with Gasteiger partial charge in [-0.1, -0.05) is 255 Å². The lowest BCUT2D eigenvalue weighted by Gasteiger charge is -2.39. The number of unbranched alkanes of at least 4 members (excludes halogenated alkanes) is 2. The highest BCUT2D eigenvalue weighted by atomic mass is 35.5. The number of hydrogen-bond acceptors (Lipinski definition) is 16. The zero-order chi connectivity index (χ0) is 105. The maximum atomic E-state index is 13.7. The second kappa shape index (κ2) is 56.0. The van der Waals surface area contributed by atoms with E-state index in [0.29, 0.717) is 130 Å². The van der Waals surface area contributed by atoms with Gasteiger partial charge in [0.15, 0.2) is 37.2 Å². The fourth-order valence-corrected chi connectivity index (χ4v) is 19.4. The number of methoxy groups -OCH3 is 2. The molecule has 0 radical (unpaired) electrons. The molecule has 6 aliphatic rings. The van der Waals surface area contributed by atoms with Crippen LogP contribution in [0.25, 0.3) is 0 Å². The summed E-state index contributed by atoms with van der Waals surface area (Å²) in [5.74, 6) is 6.47. The van der Waals surface area contributed by atoms with E-state index >= 15 is 0 Å². The highest BCUT2D eigenvalue weighted by Crippen LogP contribution is 2.56. The van der Waals surface area contributed by atoms with Crippen LogP contribution in [0.4, 0.5) is 35.9 Å². The third kappa shape index (κ3) is 33.3. The summed E-state index contributed by atoms with van der Waals surface area (Å²) in [6.07, 6.45) is 23.8. The monoisotopic (exact) mass is 2290 g/mol. The van der Waals surface area contributed by atoms with Gasteiger partial charge in [0, 0.05) is 132 Å². The molecule has 2 amide bonds. The second-order valence-corrected chi connectivity index (χ2v) is 42.0. The Labute approximate surface area is 911 Å². The number of carbonyl (C=O) groups excluding carboxylic acids is 7. The molecule has 4 saturated carbocycles. The predicted octanol–water partition coefficient (Wildman–Crippen LogP) is 31.8. The molecule has 0 spiro atoms. The van der Waals surface area contributed by atoms with Crippen molar-refractivity contribution in [2.24, 2.45) is 16.6 Å². The molecule has 2 aliphatic heterocycles. The Bertz CT molecular complexity index is 6240. The number of aryl methyl sites for hydroxylation is 5. The van der Waals surface area contributed by atoms with Crippen LogP contribution in [0, 0.1) is 22.7 Å². The summed E-state index contributed by atoms with van der Waals surface area (Å²) in [4.78, 5) is 88.8. The molecule has 2 heterocycles. The lowest BCUT2D eigenvalue weighted by atomic mass is 9.93. The molecule has 0 unspecified atom stereocenters. The molecule has 0 saturated heterocycles. The first-order chi connectivity index (χ1) is 68.1. The fourth-order valence-electron chi connectivity index (χ4n) is 15.3. The van der Waals surface area contributed by atoms with E-state index in [0.717, 1.165) is 207 Å². The molecule has 3 N–H and O–H groups in total. The number of hydrogen-bond donors (Lipinski definition) is 2. The molecule has 38 heteroatoms. The Morgan fingerprint density at radius 3 is 1.14 bits per heavy atom. The van der Waals surface area contributed by atoms with Crippen LogP contribution >= 0.6 is 186 Å². The van der Waals surface area contributed by atoms with Gasteiger partial charge in [0.1, 0.15) is 17.2 Å². The Hall–Kier alpha value is -7.81. The van der Waals surface area contributed by atoms with Crippen LogP contribution in [-0.4, -0.2) is 121 Å². The first-order valence-corrected chi connectivity index (χ1v) is 52.9. The molecule has 10 aromatic rings. The lowest BCUT2D eigenvalue weighted by molar-refractivity contribution is -0.124. The van der Waals surface area contributed by atoms with Crippen LogP contribution in [0.1, 0.15) is 209 Å². The van der Waals surface area contributed by atoms with Gasteiger partial charge >= 0.3 is 15.6 Å². The number of para-hydroxylation sites is 4. The molecular formula is C105H102Cl16F3N5O13S. The number of rotatable bonds is 28. The smallest absolute Gasteiger partial charge is 0.506 e. The van der Waals surface area contributed by atoms with Crippen molar-refractivity contribution in [2.45, 2.75) is 173 Å². The summed E-state index contributed by atoms with van der Waals surface area (Å²) in [6.45, 7) is 10.3. The van der Waals surface area contributed by atoms with Crippen LogP contribution in [0.3, 0.4) is 0 Å². The SMILES string of the molecule is CCC#Cc1cc(Cl)c(C=O)cc1Cl.CCCCc1cc(Cl)c(C=O)cc1Cl.CCCCc1cc(Cl)c(CCC2(C(=O)N3CCN(C4CC4)c4ccccc43)CC2)cc1Cl.COc1cc(Cl)c(C=O)cc1Cl.COc1cc(Cl)ccc1Cl.NCCCc1cc(Cl)c(CCC2(C(=O)N3CCN(C4CC4)c4ccccc43)CC2)cc1Cl.O=Cc1cc(Cl)c(O)cc1Cl.O=Cc1cc(Cl)c(OS(=O)(=O)C(F)(F)F)cc1Cl. The molecule has 4 fully saturated rings. The number of nitrogens with zero attached hydrogens (tertiary/aromatic N) is 4. The van der Waals surface area contributed by atoms with Crippen LogP contribution in [0.2, 0.25) is 80.4 Å². The minimum Gasteiger partial charge on any atom is -0.506 e. The van der Waals surface area contributed by atoms with Crippen molar-refractivity contribution in [2.75, 3.05) is 66.5 Å². The largest absolute Gasteiger partial charge is 0.534 e. The average molecular weight is 2300 g/mol. The minimum absolute atomic E-state index is 0.113. The van der Waals surface area contributed by atoms with Gasteiger partial charge in [0.2, 0.25) is 11.8 Å². The van der Waals surface area contributed by atoms with Gasteiger partial charge in [-0.3, -0.25) is 33.6 Å². The predicted molar refractivity (Wildman–Crippen MR) is 579 cm³/mol. The van der Waals surface area contributed by atoms with E-state index in [1.807, 2.05) is 42.2 Å². The molecule has 0 bridgehead atoms. The van der Waals surface area contributed by atoms with Gasteiger partial charge in [-0.25, -0.2) is 0 Å². The van der Waals surface area contributed by atoms with Crippen LogP contribution in [0.15, 0.2) is 152 Å². The fraction of sp³-hybridized carbons (Fsp3) is 0.343. The number of nitrogens with two attached hydrogens (primary N) is 1. The molecule has 16 rings (SSSR count). The summed E-state index contributed by atoms with van der Waals surface area (Å²) < 4.78 is 71.2. The van der Waals surface area contributed by atoms with Gasteiger partial charge in [-0.15, -0.1) is 0 Å². The molecule has 10 aromatic carbocycles. The number of ether oxygens (including phenoxy) is 2. The van der Waals surface area contributed by atoms with Gasteiger partial charge in [-0.05, 0) is 253 Å². The summed E-state index contributed by atoms with van der Waals surface area (Å²) >= 11 is 94.7. The van der Waals surface area contributed by atoms with Gasteiger partial charge in [0.25, 0.3) is 0 Å². The number of halogens is 19. The molecule has 143 heavy (non-hydrogen) atoms. The standard InChI is InChI=1S/C27H32Cl2N2O.C26H31Cl2N3O.C11H12Cl2O.C11H8Cl2O.C8H3Cl2F3O4S.C8H6Cl2O2.C7H4Cl2O2.C7H6Cl2O/c1-2-3-6-19-17-23(29)20(18-22(19)28)11-12-27(13-14-27)26(32)31-16-15-30(21-9-10-21)24-7-4-5-8-25(24)31;27-21-17-19(22(28)16-18(21)4-3-13-29)9-10-26(11-12-26)25(32)31-15-14-30(20-7-8-20)23-5-1-2-6-24(23)31;2*1-2-3-4-8-5-11(13)9(7-14)6-10(8)12;9-5-2-7(6(10)1-4(5)3-14)17-18(15,16)8(11,12)13;1-12-8-3-6(9)5(4-11)2-7(8)10;8-5-2-7(11)6(9)1-4(5)3-10;1-10-7-4-5(8)2-3-6(7)9/h4-5,7-8,17-18,21H,2-3,6,9-16H2,1H3;1-2,5-6,16-17,20H,3-4,7-15,29H2;5-7H,2-4H2,1H3;5-7H,2H2,1H3;1-3H;2-4H,1H3;1-3,11H;2-4H,1H3. The Kier molecular flexibility index (Phi) is 46.5. The first-order valence-electron chi connectivity index (χ1n) is 45.5. The van der Waals surface area contributed by atoms with Gasteiger partial charge in [0.05, 0.1) is 98.0 Å². The van der Waals surface area contributed by atoms with Crippen molar-refractivity contribution in [3.05, 3.63) is 293 Å². The van der Waals surface area contributed by atoms with Crippen molar-refractivity contribution in [3.8, 4) is 34.8 Å². The van der Waals surface area contributed by atoms with Crippen molar-refractivity contribution < 1.29 is 73.9 Å². The lowest BCUT2D eigenvalue weighted by Crippen LogP contribution is -2.47. The number of alkyl halides is 3. The molecule has 0 aromatic heterocycles. The van der Waals surface area contributed by atoms with E-state index in [1.54, 1.807) is 43.5 Å². The Balaban J connectivity index is 0.000000190. The average Bonchev–Trinajstić information content (AvgIpc) is 1.60. The number of phenolic OH excluding ortho intramolecular Hbond substituents is 1. The highest BCUT2D eigenvalue weighted by molar-refractivity contribution is 7.88. The summed E-state index contributed by atoms with van der Waals surface area (Å²) in [5.41, 5.74) is 11.5. The highest BCUT2D eigenvalue weighted by Gasteiger charge is 2.54. The quantitative estimate of drug-likeness (QED) is 0.0200. The van der Waals surface area contributed by atoms with E-state index < -0.39 is 26.4 Å². The number of anilines is 4. The number of aldehydes is 5. The van der Waals surface area contributed by atoms with Crippen molar-refractivity contribution in [3.63, 3.8) is 0 Å². The minimum atomic E-state index is -5.84. The van der Waals surface area contributed by atoms with Crippen LogP contribution in [0.5, 0.6) is 23.0 Å². The molecule has 4 aliphatic carbocycles.